The number of carbonyl (C=O) groups is 15. The minimum atomic E-state index is -3.17. The van der Waals surface area contributed by atoms with Crippen LogP contribution in [0.15, 0.2) is 223 Å². The van der Waals surface area contributed by atoms with Gasteiger partial charge in [-0.25, -0.2) is 52.7 Å². The first-order valence-electron chi connectivity index (χ1n) is 37.3. The van der Waals surface area contributed by atoms with E-state index in [-0.39, 0.29) is 85.0 Å². The summed E-state index contributed by atoms with van der Waals surface area (Å²) in [5.41, 5.74) is 4.35. The maximum atomic E-state index is 10.7. The maximum Gasteiger partial charge on any atom is 0.333 e. The second-order valence-electron chi connectivity index (χ2n) is 22.9. The highest BCUT2D eigenvalue weighted by atomic mass is 32.2. The Morgan fingerprint density at radius 2 is 0.618 bits per heavy atom. The molecule has 2 aliphatic heterocycles. The second-order valence-corrected chi connectivity index (χ2v) is 24.6. The largest absolute Gasteiger partial charge is 0.478 e. The summed E-state index contributed by atoms with van der Waals surface area (Å²) in [6.07, 6.45) is 19.8. The van der Waals surface area contributed by atoms with Gasteiger partial charge in [-0.3, -0.25) is 23.4 Å². The lowest BCUT2D eigenvalue weighted by Crippen LogP contribution is -2.16. The van der Waals surface area contributed by atoms with Gasteiger partial charge in [-0.05, 0) is 144 Å². The van der Waals surface area contributed by atoms with Crippen molar-refractivity contribution in [3.8, 4) is 0 Å². The molecule has 2 aliphatic rings. The van der Waals surface area contributed by atoms with Crippen molar-refractivity contribution in [2.24, 2.45) is 0 Å². The number of hydrogen-bond donors (Lipinski definition) is 4. The van der Waals surface area contributed by atoms with Crippen molar-refractivity contribution < 1.29 is 143 Å². The number of ketones is 2. The van der Waals surface area contributed by atoms with E-state index in [1.165, 1.54) is 45.8 Å². The first-order chi connectivity index (χ1) is 57.1. The standard InChI is InChI=1S/C8H8.5C7H12O2.2C6H9NO.C5H8O3.2C5H8O2.2C4H6O.C3H8O3S.3C3H4O2/c1-2-8-6-4-3-5-7-8;5*1-4-5-9-7(8)6(2)3;2*1-2-7-5-3-4-6(7)8;1-2-5(7)8-4-3-6;2*1-4(2)5(6)7-3;2*1-3-4(2)5;1-3-6-7(2,4)5;3*1-2-3(4)5/h2-7H,1H2;5*2,4-5H2,1,3H3;2*2H,1,3-5H2;2,6H,1,3-4H2;2*1H2,2-3H3;2*3H,1H2,2H3;3H2,1-2H3;3*2H,1H2,(H,4,5). The molecule has 33 heteroatoms. The Morgan fingerprint density at radius 3 is 0.707 bits per heavy atom. The van der Waals surface area contributed by atoms with Gasteiger partial charge < -0.3 is 68.1 Å². The SMILES string of the molecule is C=C(C)C(=O)OC.C=C(C)C(=O)OC.C=C(C)C(=O)OCCC.C=C(C)C(=O)OCCC.C=C(C)C(=O)OCCC.C=C(C)C(=O)OCCC.C=C(C)C(=O)OCCC.C=CC(=O)O.C=CC(=O)O.C=CC(=O)O.C=CC(=O)OCCO.C=CC(C)=O.C=CC(C)=O.C=CN1CCCC1=O.C=CN1CCCC1=O.C=Cc1ccccc1.CCOS(C)(=O)=O. The van der Waals surface area contributed by atoms with Gasteiger partial charge in [-0.15, -0.1) is 0 Å². The first kappa shape index (κ1) is 142. The summed E-state index contributed by atoms with van der Waals surface area (Å²) in [7, 11) is -0.513. The highest BCUT2D eigenvalue weighted by molar-refractivity contribution is 7.86. The number of aliphatic hydroxyl groups is 1. The molecule has 698 valence electrons. The van der Waals surface area contributed by atoms with Crippen molar-refractivity contribution in [3.63, 3.8) is 0 Å². The number of amides is 2. The fraction of sp³-hybridized carbons (Fsp3) is 0.411. The Bertz CT molecular complexity index is 3170. The summed E-state index contributed by atoms with van der Waals surface area (Å²) in [6, 6.07) is 10.0. The molecular formula is C90H142N2O30S. The van der Waals surface area contributed by atoms with Crippen molar-refractivity contribution >= 4 is 105 Å². The number of hydrogen-bond acceptors (Lipinski definition) is 27. The number of likely N-dealkylation sites (tertiary alicyclic amines) is 2. The lowest BCUT2D eigenvalue weighted by Gasteiger charge is -2.05. The van der Waals surface area contributed by atoms with E-state index >= 15 is 0 Å². The Kier molecular flexibility index (Phi) is 122. The van der Waals surface area contributed by atoms with Gasteiger partial charge in [0, 0.05) is 89.2 Å². The van der Waals surface area contributed by atoms with Gasteiger partial charge in [-0.2, -0.15) is 8.42 Å². The summed E-state index contributed by atoms with van der Waals surface area (Å²) < 4.78 is 60.7. The predicted molar refractivity (Wildman–Crippen MR) is 483 cm³/mol. The molecule has 4 N–H and O–H groups in total. The third-order valence-electron chi connectivity index (χ3n) is 10.6. The molecule has 0 atom stereocenters. The molecule has 3 rings (SSSR count). The van der Waals surface area contributed by atoms with Crippen LogP contribution in [0, 0.1) is 0 Å². The molecule has 0 aliphatic carbocycles. The number of esters is 8. The molecular weight excluding hydrogens is 1620 g/mol. The minimum Gasteiger partial charge on any atom is -0.478 e. The molecule has 0 radical (unpaired) electrons. The van der Waals surface area contributed by atoms with E-state index in [2.05, 4.69) is 124 Å². The lowest BCUT2D eigenvalue weighted by atomic mass is 10.2. The van der Waals surface area contributed by atoms with Crippen LogP contribution in [0.4, 0.5) is 0 Å². The third-order valence-corrected chi connectivity index (χ3v) is 11.3. The Morgan fingerprint density at radius 1 is 0.390 bits per heavy atom. The van der Waals surface area contributed by atoms with Crippen molar-refractivity contribution in [1.82, 2.24) is 9.80 Å². The molecule has 0 spiro atoms. The summed E-state index contributed by atoms with van der Waals surface area (Å²) in [5.74, 6) is -5.16. The van der Waals surface area contributed by atoms with Crippen molar-refractivity contribution in [1.29, 1.82) is 0 Å². The van der Waals surface area contributed by atoms with Crippen LogP contribution in [0.25, 0.3) is 6.08 Å². The normalized spacial score (nSPS) is 9.65. The van der Waals surface area contributed by atoms with Crippen LogP contribution in [0.1, 0.15) is 167 Å². The molecule has 1 aromatic rings. The van der Waals surface area contributed by atoms with E-state index in [0.717, 1.165) is 88.6 Å². The average Bonchev–Trinajstić information content (AvgIpc) is 1.81. The third kappa shape index (κ3) is 145. The van der Waals surface area contributed by atoms with Crippen LogP contribution < -0.4 is 0 Å². The van der Waals surface area contributed by atoms with Crippen LogP contribution in [0.5, 0.6) is 0 Å². The number of nitrogens with zero attached hydrogens (tertiary/aromatic N) is 2. The molecule has 32 nitrogen and oxygen atoms in total. The van der Waals surface area contributed by atoms with Gasteiger partial charge in [0.1, 0.15) is 6.61 Å². The zero-order chi connectivity index (χ0) is 99.6. The zero-order valence-electron chi connectivity index (χ0n) is 76.0. The Hall–Kier alpha value is -12.6. The molecule has 0 unspecified atom stereocenters. The van der Waals surface area contributed by atoms with E-state index < -0.39 is 34.0 Å². The van der Waals surface area contributed by atoms with Gasteiger partial charge >= 0.3 is 65.7 Å². The molecule has 0 bridgehead atoms. The van der Waals surface area contributed by atoms with Crippen LogP contribution in [-0.2, 0) is 124 Å². The number of carboxylic acid groups (broad SMARTS) is 3. The second kappa shape index (κ2) is 105. The topological polar surface area (TPSA) is 461 Å². The molecule has 2 heterocycles. The first-order valence-corrected chi connectivity index (χ1v) is 39.1. The number of aliphatic carboxylic acids is 3. The van der Waals surface area contributed by atoms with Crippen molar-refractivity contribution in [2.75, 3.05) is 86.4 Å². The number of rotatable bonds is 30. The van der Waals surface area contributed by atoms with E-state index in [0.29, 0.717) is 84.9 Å². The lowest BCUT2D eigenvalue weighted by molar-refractivity contribution is -0.139. The van der Waals surface area contributed by atoms with Crippen LogP contribution in [0.3, 0.4) is 0 Å². The summed E-state index contributed by atoms with van der Waals surface area (Å²) in [5, 5.41) is 30.9. The maximum absolute atomic E-state index is 10.7. The fourth-order valence-electron chi connectivity index (χ4n) is 4.67. The predicted octanol–water partition coefficient (Wildman–Crippen LogP) is 14.9. The number of ether oxygens (including phenoxy) is 8. The number of methoxy groups -OCH3 is 2. The van der Waals surface area contributed by atoms with Gasteiger partial charge in [-0.1, -0.05) is 176 Å². The Balaban J connectivity index is -0.0000000858. The summed E-state index contributed by atoms with van der Waals surface area (Å²) in [4.78, 5) is 155. The fourth-order valence-corrected chi connectivity index (χ4v) is 5.10. The van der Waals surface area contributed by atoms with Crippen molar-refractivity contribution in [2.45, 2.75) is 162 Å². The van der Waals surface area contributed by atoms with Gasteiger partial charge in [0.2, 0.25) is 11.8 Å². The smallest absolute Gasteiger partial charge is 0.333 e. The number of carboxylic acids is 3. The van der Waals surface area contributed by atoms with Gasteiger partial charge in [0.25, 0.3) is 10.1 Å². The number of carbonyl (C=O) groups excluding carboxylic acids is 12. The summed E-state index contributed by atoms with van der Waals surface area (Å²) in [6.45, 7) is 83.0. The molecule has 0 aromatic heterocycles. The molecule has 123 heavy (non-hydrogen) atoms. The monoisotopic (exact) mass is 1760 g/mol. The van der Waals surface area contributed by atoms with Crippen LogP contribution in [0.2, 0.25) is 0 Å². The molecule has 2 saturated heterocycles. The van der Waals surface area contributed by atoms with Crippen molar-refractivity contribution in [3.05, 3.63) is 229 Å². The average molecular weight is 1760 g/mol. The quantitative estimate of drug-likeness (QED) is 0.0240. The number of allylic oxidation sites excluding steroid dienone is 2. The molecule has 1 aromatic carbocycles. The molecule has 0 saturated carbocycles. The van der Waals surface area contributed by atoms with Crippen LogP contribution in [-0.4, -0.2) is 214 Å². The Labute approximate surface area is 731 Å². The van der Waals surface area contributed by atoms with Crippen LogP contribution >= 0.6 is 0 Å². The van der Waals surface area contributed by atoms with E-state index in [9.17, 15) is 80.3 Å². The minimum absolute atomic E-state index is 0.0185. The van der Waals surface area contributed by atoms with Gasteiger partial charge in [0.05, 0.1) is 66.7 Å². The highest BCUT2D eigenvalue weighted by Gasteiger charge is 2.17. The van der Waals surface area contributed by atoms with E-state index in [1.807, 2.05) is 71.0 Å². The number of aliphatic hydroxyl groups excluding tert-OH is 1. The van der Waals surface area contributed by atoms with E-state index in [4.69, 9.17) is 44.1 Å². The molecule has 2 amide bonds. The van der Waals surface area contributed by atoms with Gasteiger partial charge in [0.15, 0.2) is 11.6 Å². The summed E-state index contributed by atoms with van der Waals surface area (Å²) >= 11 is 0. The molecule has 2 fully saturated rings. The number of benzene rings is 1. The van der Waals surface area contributed by atoms with E-state index in [1.54, 1.807) is 77.6 Å². The zero-order valence-corrected chi connectivity index (χ0v) is 76.9. The highest BCUT2D eigenvalue weighted by Crippen LogP contribution is 2.09.